The number of likely N-dealkylation sites (N-methyl/N-ethyl adjacent to an activating group) is 1. The van der Waals surface area contributed by atoms with Crippen LogP contribution in [0.4, 0.5) is 0 Å². The number of carbonyl (C=O) groups excluding carboxylic acids is 2. The Bertz CT molecular complexity index is 570. The molecule has 1 saturated heterocycles. The van der Waals surface area contributed by atoms with Crippen molar-refractivity contribution < 1.29 is 14.3 Å². The summed E-state index contributed by atoms with van der Waals surface area (Å²) in [6.45, 7) is 2.63. The Morgan fingerprint density at radius 3 is 2.95 bits per heavy atom. The van der Waals surface area contributed by atoms with Gasteiger partial charge in [-0.1, -0.05) is 6.07 Å². The number of amides is 1. The number of carbonyl (C=O) groups is 2. The summed E-state index contributed by atoms with van der Waals surface area (Å²) >= 11 is 0. The third-order valence-electron chi connectivity index (χ3n) is 4.27. The van der Waals surface area contributed by atoms with Crippen molar-refractivity contribution in [1.29, 1.82) is 0 Å². The molecule has 1 aromatic carbocycles. The van der Waals surface area contributed by atoms with Crippen molar-refractivity contribution in [2.45, 2.75) is 5.92 Å². The summed E-state index contributed by atoms with van der Waals surface area (Å²) in [6, 6.07) is 5.30. The van der Waals surface area contributed by atoms with Crippen molar-refractivity contribution >= 4 is 11.9 Å². The maximum atomic E-state index is 12.2. The van der Waals surface area contributed by atoms with Gasteiger partial charge in [-0.2, -0.15) is 0 Å². The Kier molecular flexibility index (Phi) is 3.22. The van der Waals surface area contributed by atoms with E-state index in [1.807, 2.05) is 6.07 Å². The van der Waals surface area contributed by atoms with Crippen LogP contribution in [0.15, 0.2) is 18.2 Å². The minimum Gasteiger partial charge on any atom is -0.465 e. The first-order valence-corrected chi connectivity index (χ1v) is 6.79. The van der Waals surface area contributed by atoms with E-state index in [0.717, 1.165) is 18.7 Å². The largest absolute Gasteiger partial charge is 0.465 e. The molecule has 1 N–H and O–H groups in total. The molecule has 3 rings (SSSR count). The number of hydrogen-bond donors (Lipinski definition) is 1. The second-order valence-electron chi connectivity index (χ2n) is 5.59. The quantitative estimate of drug-likeness (QED) is 0.772. The molecule has 2 aliphatic rings. The van der Waals surface area contributed by atoms with Crippen LogP contribution >= 0.6 is 0 Å². The van der Waals surface area contributed by atoms with Gasteiger partial charge in [0.2, 0.25) is 0 Å². The Balaban J connectivity index is 2.05. The number of methoxy groups -OCH3 is 1. The summed E-state index contributed by atoms with van der Waals surface area (Å²) in [6.07, 6.45) is 0. The van der Waals surface area contributed by atoms with Crippen molar-refractivity contribution in [2.75, 3.05) is 33.8 Å². The Hall–Kier alpha value is -1.88. The van der Waals surface area contributed by atoms with Crippen LogP contribution in [0.3, 0.4) is 0 Å². The number of benzene rings is 1. The zero-order valence-electron chi connectivity index (χ0n) is 11.7. The average molecular weight is 274 g/mol. The van der Waals surface area contributed by atoms with Crippen molar-refractivity contribution in [3.05, 3.63) is 34.9 Å². The van der Waals surface area contributed by atoms with Crippen molar-refractivity contribution in [1.82, 2.24) is 10.2 Å². The number of nitrogens with zero attached hydrogens (tertiary/aromatic N) is 1. The van der Waals surface area contributed by atoms with Gasteiger partial charge in [-0.15, -0.1) is 0 Å². The lowest BCUT2D eigenvalue weighted by Gasteiger charge is -2.16. The number of nitrogens with one attached hydrogen (secondary N) is 1. The maximum absolute atomic E-state index is 12.2. The molecule has 1 aromatic rings. The first kappa shape index (κ1) is 13.1. The van der Waals surface area contributed by atoms with Crippen molar-refractivity contribution in [2.24, 2.45) is 5.92 Å². The van der Waals surface area contributed by atoms with Gasteiger partial charge >= 0.3 is 5.97 Å². The highest BCUT2D eigenvalue weighted by Gasteiger charge is 2.36. The van der Waals surface area contributed by atoms with Gasteiger partial charge in [-0.05, 0) is 30.7 Å². The van der Waals surface area contributed by atoms with Gasteiger partial charge in [0.25, 0.3) is 5.91 Å². The van der Waals surface area contributed by atoms with Gasteiger partial charge in [0.15, 0.2) is 0 Å². The number of ether oxygens (including phenoxy) is 1. The molecule has 1 amide bonds. The summed E-state index contributed by atoms with van der Waals surface area (Å²) in [5, 5.41) is 2.96. The van der Waals surface area contributed by atoms with E-state index >= 15 is 0 Å². The fourth-order valence-corrected chi connectivity index (χ4v) is 3.29. The molecule has 1 fully saturated rings. The molecule has 0 aliphatic carbocycles. The molecule has 0 unspecified atom stereocenters. The number of likely N-dealkylation sites (tertiary alicyclic amines) is 1. The number of esters is 1. The van der Waals surface area contributed by atoms with E-state index in [-0.39, 0.29) is 5.91 Å². The second kappa shape index (κ2) is 4.90. The summed E-state index contributed by atoms with van der Waals surface area (Å²) in [4.78, 5) is 26.1. The summed E-state index contributed by atoms with van der Waals surface area (Å²) in [5.74, 6) is 0.280. The summed E-state index contributed by atoms with van der Waals surface area (Å²) in [5.41, 5.74) is 2.07. The lowest BCUT2D eigenvalue weighted by molar-refractivity contribution is 0.0600. The molecular formula is C15H18N2O3. The first-order chi connectivity index (χ1) is 9.60. The van der Waals surface area contributed by atoms with Crippen LogP contribution in [0.25, 0.3) is 0 Å². The van der Waals surface area contributed by atoms with E-state index < -0.39 is 5.97 Å². The fourth-order valence-electron chi connectivity index (χ4n) is 3.29. The fraction of sp³-hybridized carbons (Fsp3) is 0.467. The predicted octanol–water partition coefficient (Wildman–Crippen LogP) is 0.862. The molecule has 2 aliphatic heterocycles. The molecule has 0 saturated carbocycles. The van der Waals surface area contributed by atoms with Gasteiger partial charge in [0, 0.05) is 31.1 Å². The standard InChI is InChI=1S/C15H18N2O3/c1-17-7-10-6-16-14(18)12-5-9(15(19)20-2)3-4-11(12)13(10)8-17/h3-5,10,13H,6-8H2,1-2H3,(H,16,18)/t10-,13-/m1/s1. The van der Waals surface area contributed by atoms with E-state index in [1.165, 1.54) is 7.11 Å². The van der Waals surface area contributed by atoms with Crippen LogP contribution in [0, 0.1) is 5.92 Å². The van der Waals surface area contributed by atoms with Gasteiger partial charge in [-0.25, -0.2) is 4.79 Å². The normalized spacial score (nSPS) is 25.4. The number of fused-ring (bicyclic) bond motifs is 3. The van der Waals surface area contributed by atoms with Crippen LogP contribution < -0.4 is 5.32 Å². The molecule has 2 atom stereocenters. The number of rotatable bonds is 1. The predicted molar refractivity (Wildman–Crippen MR) is 73.8 cm³/mol. The minimum absolute atomic E-state index is 0.0946. The molecule has 20 heavy (non-hydrogen) atoms. The van der Waals surface area contributed by atoms with Crippen LogP contribution in [0.5, 0.6) is 0 Å². The molecular weight excluding hydrogens is 256 g/mol. The molecule has 0 aromatic heterocycles. The Morgan fingerprint density at radius 2 is 2.20 bits per heavy atom. The SMILES string of the molecule is COC(=O)c1ccc2c(c1)C(=O)NC[C@@H]1CN(C)C[C@@H]21. The smallest absolute Gasteiger partial charge is 0.337 e. The monoisotopic (exact) mass is 274 g/mol. The molecule has 0 bridgehead atoms. The van der Waals surface area contributed by atoms with E-state index in [4.69, 9.17) is 4.74 Å². The lowest BCUT2D eigenvalue weighted by Crippen LogP contribution is -2.29. The summed E-state index contributed by atoms with van der Waals surface area (Å²) < 4.78 is 4.72. The van der Waals surface area contributed by atoms with E-state index in [9.17, 15) is 9.59 Å². The minimum atomic E-state index is -0.412. The van der Waals surface area contributed by atoms with Gasteiger partial charge < -0.3 is 15.0 Å². The van der Waals surface area contributed by atoms with E-state index in [0.29, 0.717) is 29.5 Å². The highest BCUT2D eigenvalue weighted by Crippen LogP contribution is 2.35. The van der Waals surface area contributed by atoms with Crippen LogP contribution in [0.2, 0.25) is 0 Å². The molecule has 0 spiro atoms. The number of hydrogen-bond acceptors (Lipinski definition) is 4. The van der Waals surface area contributed by atoms with Crippen LogP contribution in [-0.2, 0) is 4.74 Å². The van der Waals surface area contributed by atoms with E-state index in [1.54, 1.807) is 12.1 Å². The zero-order chi connectivity index (χ0) is 14.3. The third kappa shape index (κ3) is 2.08. The molecule has 0 radical (unpaired) electrons. The Morgan fingerprint density at radius 1 is 1.40 bits per heavy atom. The second-order valence-corrected chi connectivity index (χ2v) is 5.59. The molecule has 5 nitrogen and oxygen atoms in total. The topological polar surface area (TPSA) is 58.6 Å². The zero-order valence-corrected chi connectivity index (χ0v) is 11.7. The van der Waals surface area contributed by atoms with Gasteiger partial charge in [-0.3, -0.25) is 4.79 Å². The average Bonchev–Trinajstić information content (AvgIpc) is 2.78. The van der Waals surface area contributed by atoms with Crippen molar-refractivity contribution in [3.63, 3.8) is 0 Å². The highest BCUT2D eigenvalue weighted by atomic mass is 16.5. The Labute approximate surface area is 117 Å². The van der Waals surface area contributed by atoms with E-state index in [2.05, 4.69) is 17.3 Å². The van der Waals surface area contributed by atoms with Gasteiger partial charge in [0.1, 0.15) is 0 Å². The van der Waals surface area contributed by atoms with Crippen LogP contribution in [-0.4, -0.2) is 50.6 Å². The highest BCUT2D eigenvalue weighted by molar-refractivity contribution is 5.99. The first-order valence-electron chi connectivity index (χ1n) is 6.79. The van der Waals surface area contributed by atoms with Crippen molar-refractivity contribution in [3.8, 4) is 0 Å². The maximum Gasteiger partial charge on any atom is 0.337 e. The third-order valence-corrected chi connectivity index (χ3v) is 4.27. The van der Waals surface area contributed by atoms with Gasteiger partial charge in [0.05, 0.1) is 12.7 Å². The lowest BCUT2D eigenvalue weighted by atomic mass is 9.86. The van der Waals surface area contributed by atoms with Crippen LogP contribution in [0.1, 0.15) is 32.2 Å². The molecule has 106 valence electrons. The summed E-state index contributed by atoms with van der Waals surface area (Å²) in [7, 11) is 3.44. The molecule has 2 heterocycles. The molecule has 5 heteroatoms.